The van der Waals surface area contributed by atoms with Crippen molar-refractivity contribution >= 4 is 17.9 Å². The zero-order chi connectivity index (χ0) is 15.7. The molecule has 116 valence electrons. The Bertz CT molecular complexity index is 345. The highest BCUT2D eigenvalue weighted by Gasteiger charge is 2.19. The van der Waals surface area contributed by atoms with Crippen molar-refractivity contribution < 1.29 is 19.5 Å². The maximum atomic E-state index is 12.0. The van der Waals surface area contributed by atoms with Gasteiger partial charge in [0.25, 0.3) is 0 Å². The first-order valence-corrected chi connectivity index (χ1v) is 6.76. The summed E-state index contributed by atoms with van der Waals surface area (Å²) in [5.41, 5.74) is 0. The lowest BCUT2D eigenvalue weighted by molar-refractivity contribution is -0.137. The van der Waals surface area contributed by atoms with Crippen LogP contribution in [0.4, 0.5) is 4.79 Å². The van der Waals surface area contributed by atoms with Crippen LogP contribution in [0.3, 0.4) is 0 Å². The van der Waals surface area contributed by atoms with Gasteiger partial charge in [-0.15, -0.1) is 0 Å². The topological polar surface area (TPSA) is 90.0 Å². The molecule has 0 aliphatic rings. The van der Waals surface area contributed by atoms with Gasteiger partial charge in [0.15, 0.2) is 0 Å². The normalized spacial score (nSPS) is 10.2. The Labute approximate surface area is 119 Å². The molecule has 0 radical (unpaired) electrons. The van der Waals surface area contributed by atoms with Gasteiger partial charge in [-0.2, -0.15) is 0 Å². The molecule has 20 heavy (non-hydrogen) atoms. The molecule has 0 aromatic carbocycles. The van der Waals surface area contributed by atoms with Crippen molar-refractivity contribution in [1.29, 1.82) is 0 Å². The number of carboxylic acids is 1. The maximum absolute atomic E-state index is 12.0. The summed E-state index contributed by atoms with van der Waals surface area (Å²) in [7, 11) is 1.53. The van der Waals surface area contributed by atoms with Gasteiger partial charge in [-0.05, 0) is 12.8 Å². The number of carboxylic acid groups (broad SMARTS) is 1. The van der Waals surface area contributed by atoms with Gasteiger partial charge in [0.1, 0.15) is 6.54 Å². The molecule has 0 aromatic heterocycles. The maximum Gasteiger partial charge on any atom is 0.320 e. The van der Waals surface area contributed by atoms with Gasteiger partial charge in [-0.3, -0.25) is 9.59 Å². The van der Waals surface area contributed by atoms with Gasteiger partial charge in [0.2, 0.25) is 5.91 Å². The molecule has 0 aromatic rings. The summed E-state index contributed by atoms with van der Waals surface area (Å²) in [5.74, 6) is -0.819. The van der Waals surface area contributed by atoms with Crippen LogP contribution in [0.5, 0.6) is 0 Å². The fourth-order valence-electron chi connectivity index (χ4n) is 1.52. The number of urea groups is 1. The van der Waals surface area contributed by atoms with Crippen molar-refractivity contribution in [1.82, 2.24) is 15.1 Å². The number of nitrogens with one attached hydrogen (secondary N) is 1. The van der Waals surface area contributed by atoms with E-state index < -0.39 is 5.97 Å². The number of nitrogens with zero attached hydrogens (tertiary/aromatic N) is 2. The number of hydrogen-bond donors (Lipinski definition) is 2. The Morgan fingerprint density at radius 2 is 1.85 bits per heavy atom. The average molecular weight is 287 g/mol. The van der Waals surface area contributed by atoms with Gasteiger partial charge in [-0.1, -0.05) is 13.8 Å². The van der Waals surface area contributed by atoms with Crippen molar-refractivity contribution in [3.63, 3.8) is 0 Å². The molecule has 0 unspecified atom stereocenters. The van der Waals surface area contributed by atoms with Crippen LogP contribution in [0.1, 0.15) is 27.2 Å². The Morgan fingerprint density at radius 3 is 2.30 bits per heavy atom. The minimum absolute atomic E-state index is 0.0326. The third-order valence-corrected chi connectivity index (χ3v) is 2.66. The Hall–Kier alpha value is -1.79. The summed E-state index contributed by atoms with van der Waals surface area (Å²) in [6.45, 7) is 6.82. The molecule has 0 fully saturated rings. The molecular formula is C13H25N3O4. The van der Waals surface area contributed by atoms with Crippen molar-refractivity contribution in [2.45, 2.75) is 27.2 Å². The van der Waals surface area contributed by atoms with E-state index in [0.717, 1.165) is 0 Å². The van der Waals surface area contributed by atoms with E-state index in [-0.39, 0.29) is 31.4 Å². The number of hydrogen-bond acceptors (Lipinski definition) is 3. The molecule has 0 bridgehead atoms. The zero-order valence-electron chi connectivity index (χ0n) is 12.7. The first-order chi connectivity index (χ1) is 9.27. The molecule has 0 aliphatic heterocycles. The van der Waals surface area contributed by atoms with E-state index in [1.807, 2.05) is 13.8 Å². The molecular weight excluding hydrogens is 262 g/mol. The second-order valence-electron chi connectivity index (χ2n) is 5.06. The SMILES string of the molecule is CCN(CCC(=O)O)C(=O)N(C)CC(=O)NCC(C)C. The second-order valence-corrected chi connectivity index (χ2v) is 5.06. The molecule has 0 spiro atoms. The van der Waals surface area contributed by atoms with Gasteiger partial charge in [-0.25, -0.2) is 4.79 Å². The summed E-state index contributed by atoms with van der Waals surface area (Å²) in [4.78, 5) is 36.9. The van der Waals surface area contributed by atoms with Crippen molar-refractivity contribution in [2.24, 2.45) is 5.92 Å². The van der Waals surface area contributed by atoms with E-state index in [1.54, 1.807) is 6.92 Å². The van der Waals surface area contributed by atoms with Crippen LogP contribution in [0, 0.1) is 5.92 Å². The molecule has 7 nitrogen and oxygen atoms in total. The summed E-state index contributed by atoms with van der Waals surface area (Å²) in [6, 6.07) is -0.339. The quantitative estimate of drug-likeness (QED) is 0.684. The van der Waals surface area contributed by atoms with E-state index in [9.17, 15) is 14.4 Å². The highest BCUT2D eigenvalue weighted by atomic mass is 16.4. The number of rotatable bonds is 8. The molecule has 0 rings (SSSR count). The molecule has 2 N–H and O–H groups in total. The van der Waals surface area contributed by atoms with Gasteiger partial charge in [0, 0.05) is 26.7 Å². The van der Waals surface area contributed by atoms with Crippen LogP contribution < -0.4 is 5.32 Å². The third-order valence-electron chi connectivity index (χ3n) is 2.66. The highest BCUT2D eigenvalue weighted by molar-refractivity contribution is 5.84. The molecule has 0 heterocycles. The first kappa shape index (κ1) is 18.2. The van der Waals surface area contributed by atoms with E-state index in [0.29, 0.717) is 19.0 Å². The zero-order valence-corrected chi connectivity index (χ0v) is 12.7. The Morgan fingerprint density at radius 1 is 1.25 bits per heavy atom. The van der Waals surface area contributed by atoms with Crippen LogP contribution in [0.2, 0.25) is 0 Å². The van der Waals surface area contributed by atoms with Crippen LogP contribution in [0.15, 0.2) is 0 Å². The van der Waals surface area contributed by atoms with Crippen LogP contribution in [-0.4, -0.2) is 66.0 Å². The number of carbonyl (C=O) groups is 3. The largest absolute Gasteiger partial charge is 0.481 e. The van der Waals surface area contributed by atoms with E-state index in [2.05, 4.69) is 5.32 Å². The lowest BCUT2D eigenvalue weighted by Crippen LogP contribution is -2.46. The van der Waals surface area contributed by atoms with Crippen molar-refractivity contribution in [2.75, 3.05) is 33.2 Å². The Kier molecular flexibility index (Phi) is 8.35. The molecule has 0 atom stereocenters. The first-order valence-electron chi connectivity index (χ1n) is 6.76. The van der Waals surface area contributed by atoms with Gasteiger partial charge >= 0.3 is 12.0 Å². The predicted octanol–water partition coefficient (Wildman–Crippen LogP) is 0.607. The number of aliphatic carboxylic acids is 1. The monoisotopic (exact) mass is 287 g/mol. The van der Waals surface area contributed by atoms with E-state index in [4.69, 9.17) is 5.11 Å². The van der Waals surface area contributed by atoms with Gasteiger partial charge < -0.3 is 20.2 Å². The van der Waals surface area contributed by atoms with E-state index >= 15 is 0 Å². The third kappa shape index (κ3) is 7.60. The fourth-order valence-corrected chi connectivity index (χ4v) is 1.52. The summed E-state index contributed by atoms with van der Waals surface area (Å²) < 4.78 is 0. The molecule has 0 aliphatic carbocycles. The molecule has 0 saturated heterocycles. The van der Waals surface area contributed by atoms with Crippen LogP contribution in [0.25, 0.3) is 0 Å². The standard InChI is InChI=1S/C13H25N3O4/c1-5-16(7-6-12(18)19)13(20)15(4)9-11(17)14-8-10(2)3/h10H,5-9H2,1-4H3,(H,14,17)(H,18,19). The average Bonchev–Trinajstić information content (AvgIpc) is 2.36. The minimum Gasteiger partial charge on any atom is -0.481 e. The van der Waals surface area contributed by atoms with E-state index in [1.165, 1.54) is 16.8 Å². The molecule has 0 saturated carbocycles. The highest BCUT2D eigenvalue weighted by Crippen LogP contribution is 1.99. The lowest BCUT2D eigenvalue weighted by atomic mass is 10.2. The number of carbonyl (C=O) groups excluding carboxylic acids is 2. The lowest BCUT2D eigenvalue weighted by Gasteiger charge is -2.26. The van der Waals surface area contributed by atoms with Crippen molar-refractivity contribution in [3.05, 3.63) is 0 Å². The number of likely N-dealkylation sites (N-methyl/N-ethyl adjacent to an activating group) is 1. The van der Waals surface area contributed by atoms with Gasteiger partial charge in [0.05, 0.1) is 6.42 Å². The number of amides is 3. The smallest absolute Gasteiger partial charge is 0.320 e. The summed E-state index contributed by atoms with van der Waals surface area (Å²) in [6.07, 6.45) is -0.104. The molecule has 7 heteroatoms. The second kappa shape index (κ2) is 9.17. The summed E-state index contributed by atoms with van der Waals surface area (Å²) in [5, 5.41) is 11.4. The fraction of sp³-hybridized carbons (Fsp3) is 0.769. The molecule has 3 amide bonds. The Balaban J connectivity index is 4.28. The van der Waals surface area contributed by atoms with Crippen molar-refractivity contribution in [3.8, 4) is 0 Å². The van der Waals surface area contributed by atoms with Crippen LogP contribution >= 0.6 is 0 Å². The van der Waals surface area contributed by atoms with Crippen LogP contribution in [-0.2, 0) is 9.59 Å². The minimum atomic E-state index is -0.950. The summed E-state index contributed by atoms with van der Waals surface area (Å²) >= 11 is 0. The predicted molar refractivity (Wildman–Crippen MR) is 75.4 cm³/mol.